The molecule has 1 aliphatic carbocycles. The number of thioether (sulfide) groups is 1. The fourth-order valence-electron chi connectivity index (χ4n) is 3.72. The molecule has 26 heavy (non-hydrogen) atoms. The fraction of sp³-hybridized carbons (Fsp3) is 0.579. The normalized spacial score (nSPS) is 26.7. The van der Waals surface area contributed by atoms with Crippen molar-refractivity contribution in [2.75, 3.05) is 38.3 Å². The van der Waals surface area contributed by atoms with Crippen LogP contribution in [0.4, 0.5) is 0 Å². The van der Waals surface area contributed by atoms with Crippen molar-refractivity contribution in [2.24, 2.45) is 0 Å². The average molecular weight is 376 g/mol. The molecule has 6 nitrogen and oxygen atoms in total. The van der Waals surface area contributed by atoms with Gasteiger partial charge in [-0.25, -0.2) is 0 Å². The Balaban J connectivity index is 1.65. The van der Waals surface area contributed by atoms with Crippen LogP contribution in [-0.4, -0.2) is 72.1 Å². The molecule has 0 bridgehead atoms. The molecule has 3 fully saturated rings. The number of carbonyl (C=O) groups excluding carboxylic acids is 2. The zero-order valence-corrected chi connectivity index (χ0v) is 15.7. The lowest BCUT2D eigenvalue weighted by Gasteiger charge is -2.42. The smallest absolute Gasteiger partial charge is 0.254 e. The SMILES string of the molecule is COc1ccc(C2C(C(=O)N3CCSCC3)OCC(=O)N2C2CC2)cc1. The summed E-state index contributed by atoms with van der Waals surface area (Å²) in [6, 6.07) is 7.49. The van der Waals surface area contributed by atoms with E-state index in [1.807, 2.05) is 45.8 Å². The van der Waals surface area contributed by atoms with Crippen molar-refractivity contribution in [1.29, 1.82) is 0 Å². The van der Waals surface area contributed by atoms with Crippen LogP contribution in [0.15, 0.2) is 24.3 Å². The molecule has 140 valence electrons. The van der Waals surface area contributed by atoms with E-state index in [0.717, 1.165) is 48.7 Å². The summed E-state index contributed by atoms with van der Waals surface area (Å²) in [4.78, 5) is 29.5. The largest absolute Gasteiger partial charge is 0.497 e. The van der Waals surface area contributed by atoms with Crippen LogP contribution in [0, 0.1) is 0 Å². The minimum atomic E-state index is -0.634. The molecule has 1 aromatic rings. The van der Waals surface area contributed by atoms with Crippen molar-refractivity contribution in [2.45, 2.75) is 31.0 Å². The van der Waals surface area contributed by atoms with Gasteiger partial charge in [0.05, 0.1) is 13.2 Å². The van der Waals surface area contributed by atoms with E-state index >= 15 is 0 Å². The summed E-state index contributed by atoms with van der Waals surface area (Å²) >= 11 is 1.87. The van der Waals surface area contributed by atoms with E-state index in [9.17, 15) is 9.59 Å². The number of hydrogen-bond acceptors (Lipinski definition) is 5. The van der Waals surface area contributed by atoms with E-state index in [-0.39, 0.29) is 30.5 Å². The molecule has 0 aromatic heterocycles. The summed E-state index contributed by atoms with van der Waals surface area (Å²) in [7, 11) is 1.62. The molecule has 7 heteroatoms. The second kappa shape index (κ2) is 7.48. The van der Waals surface area contributed by atoms with Gasteiger partial charge in [0.2, 0.25) is 5.91 Å². The van der Waals surface area contributed by atoms with E-state index < -0.39 is 6.10 Å². The standard InChI is InChI=1S/C19H24N2O4S/c1-24-15-6-2-13(3-7-15)17-18(19(23)20-8-10-26-11-9-20)25-12-16(22)21(17)14-4-5-14/h2-3,6-7,14,17-18H,4-5,8-12H2,1H3. The summed E-state index contributed by atoms with van der Waals surface area (Å²) in [5, 5.41) is 0. The average Bonchev–Trinajstić information content (AvgIpc) is 3.53. The van der Waals surface area contributed by atoms with Crippen LogP contribution < -0.4 is 4.74 Å². The first-order valence-electron chi connectivity index (χ1n) is 9.12. The van der Waals surface area contributed by atoms with Crippen LogP contribution in [0.3, 0.4) is 0 Å². The van der Waals surface area contributed by atoms with E-state index in [4.69, 9.17) is 9.47 Å². The Labute approximate surface area is 157 Å². The maximum Gasteiger partial charge on any atom is 0.254 e. The van der Waals surface area contributed by atoms with Gasteiger partial charge in [0, 0.05) is 30.6 Å². The molecule has 2 heterocycles. The molecule has 1 saturated carbocycles. The quantitative estimate of drug-likeness (QED) is 0.801. The van der Waals surface area contributed by atoms with Gasteiger partial charge in [-0.3, -0.25) is 9.59 Å². The van der Waals surface area contributed by atoms with E-state index in [2.05, 4.69) is 0 Å². The minimum Gasteiger partial charge on any atom is -0.497 e. The van der Waals surface area contributed by atoms with Gasteiger partial charge >= 0.3 is 0 Å². The van der Waals surface area contributed by atoms with Crippen LogP contribution in [-0.2, 0) is 14.3 Å². The number of amides is 2. The molecule has 2 saturated heterocycles. The van der Waals surface area contributed by atoms with Crippen molar-refractivity contribution in [3.63, 3.8) is 0 Å². The summed E-state index contributed by atoms with van der Waals surface area (Å²) in [5.74, 6) is 2.65. The van der Waals surface area contributed by atoms with Gasteiger partial charge in [0.25, 0.3) is 5.91 Å². The maximum absolute atomic E-state index is 13.2. The molecule has 2 unspecified atom stereocenters. The molecule has 0 radical (unpaired) electrons. The Bertz CT molecular complexity index is 671. The molecule has 4 rings (SSSR count). The number of ether oxygens (including phenoxy) is 2. The molecule has 0 N–H and O–H groups in total. The molecular formula is C19H24N2O4S. The van der Waals surface area contributed by atoms with Gasteiger partial charge in [-0.15, -0.1) is 0 Å². The lowest BCUT2D eigenvalue weighted by molar-refractivity contribution is -0.170. The zero-order chi connectivity index (χ0) is 18.1. The number of nitrogens with zero attached hydrogens (tertiary/aromatic N) is 2. The Hall–Kier alpha value is -1.73. The van der Waals surface area contributed by atoms with E-state index in [0.29, 0.717) is 0 Å². The molecule has 3 aliphatic rings. The predicted octanol–water partition coefficient (Wildman–Crippen LogP) is 1.70. The molecule has 2 aliphatic heterocycles. The van der Waals surface area contributed by atoms with Crippen molar-refractivity contribution >= 4 is 23.6 Å². The number of hydrogen-bond donors (Lipinski definition) is 0. The highest BCUT2D eigenvalue weighted by atomic mass is 32.2. The number of benzene rings is 1. The highest BCUT2D eigenvalue weighted by Gasteiger charge is 2.48. The van der Waals surface area contributed by atoms with Crippen molar-refractivity contribution < 1.29 is 19.1 Å². The number of morpholine rings is 1. The summed E-state index contributed by atoms with van der Waals surface area (Å²) in [6.07, 6.45) is 1.36. The third-order valence-electron chi connectivity index (χ3n) is 5.22. The Kier molecular flexibility index (Phi) is 5.09. The van der Waals surface area contributed by atoms with Gasteiger partial charge < -0.3 is 19.3 Å². The van der Waals surface area contributed by atoms with Crippen LogP contribution in [0.5, 0.6) is 5.75 Å². The summed E-state index contributed by atoms with van der Waals surface area (Å²) in [5.41, 5.74) is 0.926. The highest BCUT2D eigenvalue weighted by Crippen LogP contribution is 2.40. The Morgan fingerprint density at radius 1 is 1.19 bits per heavy atom. The van der Waals surface area contributed by atoms with Crippen LogP contribution in [0.2, 0.25) is 0 Å². The Morgan fingerprint density at radius 2 is 1.88 bits per heavy atom. The van der Waals surface area contributed by atoms with E-state index in [1.54, 1.807) is 7.11 Å². The molecule has 1 aromatic carbocycles. The lowest BCUT2D eigenvalue weighted by Crippen LogP contribution is -2.56. The van der Waals surface area contributed by atoms with Crippen LogP contribution in [0.1, 0.15) is 24.4 Å². The Morgan fingerprint density at radius 3 is 2.50 bits per heavy atom. The lowest BCUT2D eigenvalue weighted by atomic mass is 9.96. The minimum absolute atomic E-state index is 0.00395. The van der Waals surface area contributed by atoms with Gasteiger partial charge in [-0.1, -0.05) is 12.1 Å². The van der Waals surface area contributed by atoms with Crippen molar-refractivity contribution in [3.8, 4) is 5.75 Å². The van der Waals surface area contributed by atoms with Crippen LogP contribution >= 0.6 is 11.8 Å². The summed E-state index contributed by atoms with van der Waals surface area (Å²) in [6.45, 7) is 1.48. The molecule has 2 amide bonds. The topological polar surface area (TPSA) is 59.1 Å². The van der Waals surface area contributed by atoms with Crippen LogP contribution in [0.25, 0.3) is 0 Å². The first-order valence-corrected chi connectivity index (χ1v) is 10.3. The van der Waals surface area contributed by atoms with Gasteiger partial charge in [0.1, 0.15) is 12.4 Å². The molecule has 2 atom stereocenters. The molecule has 0 spiro atoms. The number of rotatable bonds is 4. The van der Waals surface area contributed by atoms with E-state index in [1.165, 1.54) is 0 Å². The second-order valence-corrected chi connectivity index (χ2v) is 8.14. The third-order valence-corrected chi connectivity index (χ3v) is 6.17. The maximum atomic E-state index is 13.2. The monoisotopic (exact) mass is 376 g/mol. The number of carbonyl (C=O) groups is 2. The predicted molar refractivity (Wildman–Crippen MR) is 99.2 cm³/mol. The zero-order valence-electron chi connectivity index (χ0n) is 14.9. The van der Waals surface area contributed by atoms with Gasteiger partial charge in [-0.05, 0) is 30.5 Å². The van der Waals surface area contributed by atoms with Gasteiger partial charge in [-0.2, -0.15) is 11.8 Å². The van der Waals surface area contributed by atoms with Crippen molar-refractivity contribution in [3.05, 3.63) is 29.8 Å². The second-order valence-electron chi connectivity index (χ2n) is 6.92. The summed E-state index contributed by atoms with van der Waals surface area (Å²) < 4.78 is 11.1. The number of methoxy groups -OCH3 is 1. The fourth-order valence-corrected chi connectivity index (χ4v) is 4.62. The van der Waals surface area contributed by atoms with Crippen molar-refractivity contribution in [1.82, 2.24) is 9.80 Å². The molecular weight excluding hydrogens is 352 g/mol. The first-order chi connectivity index (χ1) is 12.7. The first kappa shape index (κ1) is 17.7. The highest BCUT2D eigenvalue weighted by molar-refractivity contribution is 7.99. The van der Waals surface area contributed by atoms with Gasteiger partial charge in [0.15, 0.2) is 6.10 Å². The third kappa shape index (κ3) is 3.42.